The topological polar surface area (TPSA) is 84.7 Å². The summed E-state index contributed by atoms with van der Waals surface area (Å²) in [5, 5.41) is 17.7. The minimum atomic E-state index is -1.16. The number of amides is 2. The Morgan fingerprint density at radius 1 is 1.04 bits per heavy atom. The zero-order valence-electron chi connectivity index (χ0n) is 13.6. The van der Waals surface area contributed by atoms with E-state index in [4.69, 9.17) is 17.6 Å². The molecule has 0 radical (unpaired) electrons. The molecule has 0 atom stereocenters. The number of amidine groups is 1. The first-order valence-electron chi connectivity index (χ1n) is 7.50. The normalized spacial score (nSPS) is 14.4. The lowest BCUT2D eigenvalue weighted by Gasteiger charge is -2.21. The van der Waals surface area contributed by atoms with Gasteiger partial charge in [-0.1, -0.05) is 42.5 Å². The second kappa shape index (κ2) is 6.10. The Morgan fingerprint density at radius 2 is 1.64 bits per heavy atom. The van der Waals surface area contributed by atoms with Gasteiger partial charge in [-0.25, -0.2) is 19.4 Å². The number of nitrogens with zero attached hydrogens (tertiary/aromatic N) is 2. The Hall–Kier alpha value is -3.06. The summed E-state index contributed by atoms with van der Waals surface area (Å²) in [6, 6.07) is 11.1. The molecule has 0 aromatic heterocycles. The highest BCUT2D eigenvalue weighted by atomic mass is 32.1. The lowest BCUT2D eigenvalue weighted by Crippen LogP contribution is -2.34. The largest absolute Gasteiger partial charge is 0.478 e. The quantitative estimate of drug-likeness (QED) is 0.823. The third kappa shape index (κ3) is 2.58. The van der Waals surface area contributed by atoms with Crippen molar-refractivity contribution in [3.63, 3.8) is 0 Å². The molecule has 126 valence electrons. The molecule has 25 heavy (non-hydrogen) atoms. The van der Waals surface area contributed by atoms with E-state index < -0.39 is 12.0 Å². The van der Waals surface area contributed by atoms with E-state index in [9.17, 15) is 14.7 Å². The van der Waals surface area contributed by atoms with Crippen LogP contribution in [0, 0.1) is 19.3 Å². The number of carboxylic acid groups (broad SMARTS) is 1. The molecule has 7 heteroatoms. The Kier molecular flexibility index (Phi) is 4.10. The fraction of sp³-hybridized carbons (Fsp3) is 0.111. The highest BCUT2D eigenvalue weighted by Gasteiger charge is 2.42. The van der Waals surface area contributed by atoms with Crippen LogP contribution in [0.5, 0.6) is 0 Å². The average Bonchev–Trinajstić information content (AvgIpc) is 2.78. The molecular formula is C18H15N3O3S. The van der Waals surface area contributed by atoms with E-state index in [-0.39, 0.29) is 22.1 Å². The molecule has 1 aliphatic heterocycles. The third-order valence-corrected chi connectivity index (χ3v) is 4.43. The van der Waals surface area contributed by atoms with Crippen LogP contribution in [0.1, 0.15) is 21.5 Å². The van der Waals surface area contributed by atoms with Gasteiger partial charge in [-0.3, -0.25) is 5.41 Å². The first kappa shape index (κ1) is 16.8. The molecule has 1 fully saturated rings. The van der Waals surface area contributed by atoms with Gasteiger partial charge in [-0.15, -0.1) is 0 Å². The monoisotopic (exact) mass is 353 g/mol. The highest BCUT2D eigenvalue weighted by molar-refractivity contribution is 7.82. The summed E-state index contributed by atoms with van der Waals surface area (Å²) in [4.78, 5) is 26.8. The van der Waals surface area contributed by atoms with Gasteiger partial charge in [-0.05, 0) is 37.1 Å². The van der Waals surface area contributed by atoms with Crippen molar-refractivity contribution in [1.29, 1.82) is 5.41 Å². The Labute approximate surface area is 149 Å². The van der Waals surface area contributed by atoms with Crippen LogP contribution in [0.2, 0.25) is 0 Å². The van der Waals surface area contributed by atoms with Gasteiger partial charge in [0.1, 0.15) is 0 Å². The number of carboxylic acids is 1. The zero-order chi connectivity index (χ0) is 18.3. The van der Waals surface area contributed by atoms with Crippen LogP contribution in [0.3, 0.4) is 0 Å². The van der Waals surface area contributed by atoms with Crippen molar-refractivity contribution in [2.24, 2.45) is 0 Å². The fourth-order valence-electron chi connectivity index (χ4n) is 2.91. The van der Waals surface area contributed by atoms with Crippen molar-refractivity contribution in [3.05, 3.63) is 59.2 Å². The summed E-state index contributed by atoms with van der Waals surface area (Å²) < 4.78 is 0. The number of hydrogen-bond acceptors (Lipinski definition) is 4. The SMILES string of the molecule is Cc1cccc(C)c1N1C(=N)C(=S)N(c2ccccc2C(=O)O)C1=O. The number of carbonyl (C=O) groups is 2. The standard InChI is InChI=1S/C18H15N3O3S/c1-10-6-5-7-11(2)14(10)21-15(19)16(25)20(18(21)24)13-9-4-3-8-12(13)17(22)23/h3-9,19H,1-2H3,(H,22,23). The number of rotatable bonds is 3. The smallest absolute Gasteiger partial charge is 0.340 e. The molecule has 2 N–H and O–H groups in total. The van der Waals surface area contributed by atoms with Gasteiger partial charge in [0.15, 0.2) is 10.8 Å². The molecule has 0 unspecified atom stereocenters. The van der Waals surface area contributed by atoms with Gasteiger partial charge in [-0.2, -0.15) is 0 Å². The molecule has 1 heterocycles. The second-order valence-corrected chi connectivity index (χ2v) is 6.06. The fourth-order valence-corrected chi connectivity index (χ4v) is 3.18. The van der Waals surface area contributed by atoms with Crippen LogP contribution < -0.4 is 9.80 Å². The summed E-state index contributed by atoms with van der Waals surface area (Å²) in [7, 11) is 0. The minimum absolute atomic E-state index is 0.0265. The average molecular weight is 353 g/mol. The second-order valence-electron chi connectivity index (χ2n) is 5.67. The van der Waals surface area contributed by atoms with Crippen molar-refractivity contribution in [2.45, 2.75) is 13.8 Å². The van der Waals surface area contributed by atoms with E-state index in [1.54, 1.807) is 12.1 Å². The molecule has 2 amide bonds. The molecular weight excluding hydrogens is 338 g/mol. The van der Waals surface area contributed by atoms with E-state index in [2.05, 4.69) is 0 Å². The van der Waals surface area contributed by atoms with Crippen LogP contribution in [0.15, 0.2) is 42.5 Å². The Bertz CT molecular complexity index is 919. The molecule has 3 rings (SSSR count). The van der Waals surface area contributed by atoms with Crippen LogP contribution in [0.25, 0.3) is 0 Å². The number of para-hydroxylation sites is 2. The molecule has 0 aliphatic carbocycles. The van der Waals surface area contributed by atoms with Crippen molar-refractivity contribution >= 4 is 46.4 Å². The van der Waals surface area contributed by atoms with E-state index in [1.807, 2.05) is 32.0 Å². The molecule has 0 bridgehead atoms. The molecule has 0 spiro atoms. The lowest BCUT2D eigenvalue weighted by molar-refractivity contribution is 0.0698. The summed E-state index contributed by atoms with van der Waals surface area (Å²) in [5.74, 6) is -1.30. The van der Waals surface area contributed by atoms with Crippen LogP contribution in [-0.4, -0.2) is 27.9 Å². The van der Waals surface area contributed by atoms with Crippen LogP contribution >= 0.6 is 12.2 Å². The van der Waals surface area contributed by atoms with Crippen molar-refractivity contribution in [3.8, 4) is 0 Å². The van der Waals surface area contributed by atoms with Crippen molar-refractivity contribution < 1.29 is 14.7 Å². The van der Waals surface area contributed by atoms with Gasteiger partial charge in [0.05, 0.1) is 16.9 Å². The maximum absolute atomic E-state index is 13.0. The third-order valence-electron chi connectivity index (χ3n) is 4.05. The van der Waals surface area contributed by atoms with Gasteiger partial charge in [0.2, 0.25) is 0 Å². The van der Waals surface area contributed by atoms with E-state index in [0.717, 1.165) is 16.0 Å². The number of hydrogen-bond donors (Lipinski definition) is 2. The lowest BCUT2D eigenvalue weighted by atomic mass is 10.1. The number of nitrogens with one attached hydrogen (secondary N) is 1. The highest BCUT2D eigenvalue weighted by Crippen LogP contribution is 2.33. The minimum Gasteiger partial charge on any atom is -0.478 e. The van der Waals surface area contributed by atoms with Gasteiger partial charge in [0.25, 0.3) is 0 Å². The molecule has 6 nitrogen and oxygen atoms in total. The maximum Gasteiger partial charge on any atom is 0.340 e. The van der Waals surface area contributed by atoms with E-state index >= 15 is 0 Å². The van der Waals surface area contributed by atoms with Crippen molar-refractivity contribution in [2.75, 3.05) is 9.80 Å². The van der Waals surface area contributed by atoms with Gasteiger partial charge >= 0.3 is 12.0 Å². The summed E-state index contributed by atoms with van der Waals surface area (Å²) in [6.07, 6.45) is 0. The molecule has 2 aromatic rings. The number of carbonyl (C=O) groups excluding carboxylic acids is 1. The van der Waals surface area contributed by atoms with E-state index in [0.29, 0.717) is 5.69 Å². The number of aryl methyl sites for hydroxylation is 2. The van der Waals surface area contributed by atoms with Crippen LogP contribution in [-0.2, 0) is 0 Å². The Balaban J connectivity index is 2.15. The number of urea groups is 1. The number of aromatic carboxylic acids is 1. The van der Waals surface area contributed by atoms with E-state index in [1.165, 1.54) is 17.0 Å². The first-order chi connectivity index (χ1) is 11.8. The molecule has 0 saturated carbocycles. The summed E-state index contributed by atoms with van der Waals surface area (Å²) in [6.45, 7) is 3.69. The Morgan fingerprint density at radius 3 is 2.24 bits per heavy atom. The zero-order valence-corrected chi connectivity index (χ0v) is 14.4. The molecule has 1 saturated heterocycles. The molecule has 2 aromatic carbocycles. The predicted molar refractivity (Wildman–Crippen MR) is 100.0 cm³/mol. The van der Waals surface area contributed by atoms with Gasteiger partial charge in [0, 0.05) is 0 Å². The summed E-state index contributed by atoms with van der Waals surface area (Å²) in [5.41, 5.74) is 2.36. The number of benzene rings is 2. The number of thiocarbonyl (C=S) groups is 1. The van der Waals surface area contributed by atoms with Crippen LogP contribution in [0.4, 0.5) is 16.2 Å². The number of anilines is 2. The summed E-state index contributed by atoms with van der Waals surface area (Å²) >= 11 is 5.28. The maximum atomic E-state index is 13.0. The molecule has 1 aliphatic rings. The predicted octanol–water partition coefficient (Wildman–Crippen LogP) is 3.75. The first-order valence-corrected chi connectivity index (χ1v) is 7.91. The van der Waals surface area contributed by atoms with Gasteiger partial charge < -0.3 is 5.11 Å². The van der Waals surface area contributed by atoms with Crippen molar-refractivity contribution in [1.82, 2.24) is 0 Å².